The van der Waals surface area contributed by atoms with Crippen molar-refractivity contribution in [1.29, 1.82) is 0 Å². The Labute approximate surface area is 154 Å². The average Bonchev–Trinajstić information content (AvgIpc) is 2.90. The molecule has 6 heteroatoms. The van der Waals surface area contributed by atoms with Crippen molar-refractivity contribution < 1.29 is 14.3 Å². The van der Waals surface area contributed by atoms with Gasteiger partial charge in [-0.25, -0.2) is 0 Å². The highest BCUT2D eigenvalue weighted by Gasteiger charge is 2.31. The summed E-state index contributed by atoms with van der Waals surface area (Å²) < 4.78 is 13.3. The Kier molecular flexibility index (Phi) is 5.32. The van der Waals surface area contributed by atoms with Crippen LogP contribution in [0.5, 0.6) is 5.75 Å². The number of fused-ring (bicyclic) bond motifs is 1. The number of benzene rings is 1. The Morgan fingerprint density at radius 1 is 1.35 bits per heavy atom. The zero-order valence-corrected chi connectivity index (χ0v) is 16.1. The van der Waals surface area contributed by atoms with E-state index in [0.29, 0.717) is 25.3 Å². The van der Waals surface area contributed by atoms with Crippen molar-refractivity contribution in [3.63, 3.8) is 0 Å². The van der Waals surface area contributed by atoms with Gasteiger partial charge in [0.15, 0.2) is 0 Å². The fraction of sp³-hybridized carbons (Fsp3) is 0.500. The zero-order chi connectivity index (χ0) is 18.8. The lowest BCUT2D eigenvalue weighted by Crippen LogP contribution is -2.31. The third-order valence-corrected chi connectivity index (χ3v) is 4.75. The molecule has 1 aromatic carbocycles. The maximum atomic E-state index is 12.7. The van der Waals surface area contributed by atoms with Gasteiger partial charge in [0.1, 0.15) is 18.1 Å². The lowest BCUT2D eigenvalue weighted by molar-refractivity contribution is -0.00710. The molecule has 1 N–H and O–H groups in total. The van der Waals surface area contributed by atoms with Gasteiger partial charge >= 0.3 is 0 Å². The van der Waals surface area contributed by atoms with Crippen LogP contribution in [-0.4, -0.2) is 34.9 Å². The van der Waals surface area contributed by atoms with E-state index in [0.717, 1.165) is 28.1 Å². The maximum absolute atomic E-state index is 12.7. The normalized spacial score (nSPS) is 19.1. The molecule has 0 bridgehead atoms. The van der Waals surface area contributed by atoms with Crippen molar-refractivity contribution >= 4 is 5.91 Å². The molecule has 0 saturated carbocycles. The van der Waals surface area contributed by atoms with Crippen LogP contribution >= 0.6 is 0 Å². The predicted octanol–water partition coefficient (Wildman–Crippen LogP) is 2.87. The molecule has 1 aliphatic heterocycles. The first-order valence-corrected chi connectivity index (χ1v) is 9.07. The van der Waals surface area contributed by atoms with Gasteiger partial charge in [-0.15, -0.1) is 0 Å². The average molecular weight is 357 g/mol. The molecule has 0 radical (unpaired) electrons. The monoisotopic (exact) mass is 357 g/mol. The zero-order valence-electron chi connectivity index (χ0n) is 16.1. The summed E-state index contributed by atoms with van der Waals surface area (Å²) in [5.41, 5.74) is 4.67. The number of hydrogen-bond donors (Lipinski definition) is 1. The van der Waals surface area contributed by atoms with Gasteiger partial charge in [-0.05, 0) is 38.8 Å². The third-order valence-electron chi connectivity index (χ3n) is 4.75. The first kappa shape index (κ1) is 18.5. The van der Waals surface area contributed by atoms with Crippen LogP contribution in [0.4, 0.5) is 0 Å². The van der Waals surface area contributed by atoms with Crippen molar-refractivity contribution in [2.75, 3.05) is 13.2 Å². The third kappa shape index (κ3) is 3.60. The number of hydrogen-bond acceptors (Lipinski definition) is 4. The number of carbonyl (C=O) groups excluding carboxylic acids is 1. The summed E-state index contributed by atoms with van der Waals surface area (Å²) in [5.74, 6) is 0.770. The SMILES string of the molecule is Cc1cccc(C)c1OCCNC(=O)c1c2c(nn1C)[C@H](C)O[C@H](C)C2. The van der Waals surface area contributed by atoms with Crippen LogP contribution in [0.2, 0.25) is 0 Å². The van der Waals surface area contributed by atoms with Gasteiger partial charge in [0, 0.05) is 19.0 Å². The van der Waals surface area contributed by atoms with Crippen molar-refractivity contribution in [3.8, 4) is 5.75 Å². The van der Waals surface area contributed by atoms with Crippen LogP contribution in [0.3, 0.4) is 0 Å². The van der Waals surface area contributed by atoms with Crippen molar-refractivity contribution in [2.45, 2.75) is 46.3 Å². The molecule has 1 amide bonds. The number of nitrogens with one attached hydrogen (secondary N) is 1. The van der Waals surface area contributed by atoms with E-state index < -0.39 is 0 Å². The minimum absolute atomic E-state index is 0.0839. The van der Waals surface area contributed by atoms with E-state index in [1.165, 1.54) is 0 Å². The minimum atomic E-state index is -0.118. The van der Waals surface area contributed by atoms with E-state index in [1.54, 1.807) is 11.7 Å². The Morgan fingerprint density at radius 3 is 2.73 bits per heavy atom. The van der Waals surface area contributed by atoms with Gasteiger partial charge in [0.05, 0.1) is 24.4 Å². The van der Waals surface area contributed by atoms with Crippen LogP contribution in [0, 0.1) is 13.8 Å². The van der Waals surface area contributed by atoms with Gasteiger partial charge in [-0.1, -0.05) is 18.2 Å². The summed E-state index contributed by atoms with van der Waals surface area (Å²) in [4.78, 5) is 12.7. The summed E-state index contributed by atoms with van der Waals surface area (Å²) in [6.07, 6.45) is 0.698. The molecule has 140 valence electrons. The molecular formula is C20H27N3O3. The number of carbonyl (C=O) groups is 1. The van der Waals surface area contributed by atoms with Gasteiger partial charge in [-0.3, -0.25) is 9.48 Å². The molecule has 2 aromatic rings. The molecule has 6 nitrogen and oxygen atoms in total. The number of aryl methyl sites for hydroxylation is 3. The number of nitrogens with zero attached hydrogens (tertiary/aromatic N) is 2. The first-order chi connectivity index (χ1) is 12.4. The second-order valence-electron chi connectivity index (χ2n) is 6.95. The van der Waals surface area contributed by atoms with Crippen LogP contribution in [-0.2, 0) is 18.2 Å². The van der Waals surface area contributed by atoms with E-state index >= 15 is 0 Å². The molecule has 1 aromatic heterocycles. The van der Waals surface area contributed by atoms with Gasteiger partial charge in [0.25, 0.3) is 5.91 Å². The summed E-state index contributed by atoms with van der Waals surface area (Å²) in [7, 11) is 1.80. The molecule has 0 aliphatic carbocycles. The highest BCUT2D eigenvalue weighted by molar-refractivity contribution is 5.94. The molecular weight excluding hydrogens is 330 g/mol. The molecule has 0 saturated heterocycles. The standard InChI is InChI=1S/C20H27N3O3/c1-12-7-6-8-13(2)19(12)25-10-9-21-20(24)18-16-11-14(3)26-15(4)17(16)22-23(18)5/h6-8,14-15H,9-11H2,1-5H3,(H,21,24)/t14-,15+/m1/s1. The molecule has 1 aliphatic rings. The maximum Gasteiger partial charge on any atom is 0.269 e. The number of aromatic nitrogens is 2. The Hall–Kier alpha value is -2.34. The number of amides is 1. The van der Waals surface area contributed by atoms with E-state index in [4.69, 9.17) is 9.47 Å². The second kappa shape index (κ2) is 7.50. The predicted molar refractivity (Wildman–Crippen MR) is 99.6 cm³/mol. The van der Waals surface area contributed by atoms with Crippen LogP contribution in [0.1, 0.15) is 52.8 Å². The van der Waals surface area contributed by atoms with Crippen molar-refractivity contribution in [2.24, 2.45) is 7.05 Å². The lowest BCUT2D eigenvalue weighted by Gasteiger charge is -2.24. The smallest absolute Gasteiger partial charge is 0.269 e. The fourth-order valence-electron chi connectivity index (χ4n) is 3.58. The Balaban J connectivity index is 1.63. The van der Waals surface area contributed by atoms with E-state index in [1.807, 2.05) is 45.9 Å². The highest BCUT2D eigenvalue weighted by Crippen LogP contribution is 2.31. The molecule has 3 rings (SSSR count). The minimum Gasteiger partial charge on any atom is -0.491 e. The van der Waals surface area contributed by atoms with Crippen LogP contribution in [0.15, 0.2) is 18.2 Å². The Bertz CT molecular complexity index is 793. The molecule has 0 unspecified atom stereocenters. The Morgan fingerprint density at radius 2 is 2.04 bits per heavy atom. The molecule has 0 fully saturated rings. The summed E-state index contributed by atoms with van der Waals surface area (Å²) in [6, 6.07) is 6.05. The van der Waals surface area contributed by atoms with Crippen molar-refractivity contribution in [3.05, 3.63) is 46.3 Å². The summed E-state index contributed by atoms with van der Waals surface area (Å²) >= 11 is 0. The summed E-state index contributed by atoms with van der Waals surface area (Å²) in [6.45, 7) is 8.90. The molecule has 2 heterocycles. The van der Waals surface area contributed by atoms with E-state index in [-0.39, 0.29) is 18.1 Å². The van der Waals surface area contributed by atoms with Gasteiger partial charge in [-0.2, -0.15) is 5.10 Å². The largest absolute Gasteiger partial charge is 0.491 e. The topological polar surface area (TPSA) is 65.4 Å². The van der Waals surface area contributed by atoms with Crippen molar-refractivity contribution in [1.82, 2.24) is 15.1 Å². The number of ether oxygens (including phenoxy) is 2. The summed E-state index contributed by atoms with van der Waals surface area (Å²) in [5, 5.41) is 7.44. The highest BCUT2D eigenvalue weighted by atomic mass is 16.5. The molecule has 26 heavy (non-hydrogen) atoms. The fourth-order valence-corrected chi connectivity index (χ4v) is 3.58. The lowest BCUT2D eigenvalue weighted by atomic mass is 9.99. The number of rotatable bonds is 5. The van der Waals surface area contributed by atoms with Gasteiger partial charge < -0.3 is 14.8 Å². The quantitative estimate of drug-likeness (QED) is 0.836. The van der Waals surface area contributed by atoms with Crippen LogP contribution < -0.4 is 10.1 Å². The van der Waals surface area contributed by atoms with E-state index in [9.17, 15) is 4.79 Å². The second-order valence-corrected chi connectivity index (χ2v) is 6.95. The first-order valence-electron chi connectivity index (χ1n) is 9.07. The van der Waals surface area contributed by atoms with E-state index in [2.05, 4.69) is 10.4 Å². The van der Waals surface area contributed by atoms with Gasteiger partial charge in [0.2, 0.25) is 0 Å². The number of para-hydroxylation sites is 1. The molecule has 2 atom stereocenters. The van der Waals surface area contributed by atoms with Crippen LogP contribution in [0.25, 0.3) is 0 Å². The molecule has 0 spiro atoms.